The van der Waals surface area contributed by atoms with Gasteiger partial charge in [0.2, 0.25) is 0 Å². The maximum absolute atomic E-state index is 5.93. The summed E-state index contributed by atoms with van der Waals surface area (Å²) in [6.45, 7) is 5.77. The van der Waals surface area contributed by atoms with Crippen LogP contribution in [0.3, 0.4) is 0 Å². The molecule has 0 aliphatic rings. The maximum Gasteiger partial charge on any atom is 0.0501 e. The molecule has 1 unspecified atom stereocenters. The van der Waals surface area contributed by atoms with E-state index in [1.807, 2.05) is 32.2 Å². The summed E-state index contributed by atoms with van der Waals surface area (Å²) in [6.07, 6.45) is 1.88. The third kappa shape index (κ3) is 2.33. The van der Waals surface area contributed by atoms with Crippen molar-refractivity contribution in [2.75, 3.05) is 7.05 Å². The Kier molecular flexibility index (Phi) is 3.52. The van der Waals surface area contributed by atoms with Crippen molar-refractivity contribution >= 4 is 11.6 Å². The molecule has 1 atom stereocenters. The number of likely N-dealkylation sites (N-methyl/N-ethyl adjacent to an activating group) is 1. The largest absolute Gasteiger partial charge is 0.310 e. The van der Waals surface area contributed by atoms with E-state index in [9.17, 15) is 0 Å². The molecule has 70 valence electrons. The maximum atomic E-state index is 5.93. The first-order valence-electron chi connectivity index (χ1n) is 4.25. The first kappa shape index (κ1) is 10.3. The highest BCUT2D eigenvalue weighted by Crippen LogP contribution is 2.20. The number of rotatable bonds is 3. The molecule has 1 rings (SSSR count). The SMILES string of the molecule is C=CC(NC)c1ccc(Cl)c(C)c1. The molecule has 0 aromatic heterocycles. The van der Waals surface area contributed by atoms with Crippen molar-refractivity contribution in [3.63, 3.8) is 0 Å². The highest BCUT2D eigenvalue weighted by molar-refractivity contribution is 6.31. The molecular formula is C11H14ClN. The second kappa shape index (κ2) is 4.45. The monoisotopic (exact) mass is 195 g/mol. The Morgan fingerprint density at radius 2 is 2.23 bits per heavy atom. The molecule has 0 bridgehead atoms. The third-order valence-electron chi connectivity index (χ3n) is 2.09. The summed E-state index contributed by atoms with van der Waals surface area (Å²) in [5, 5.41) is 3.96. The Hall–Kier alpha value is -0.790. The van der Waals surface area contributed by atoms with Crippen molar-refractivity contribution < 1.29 is 0 Å². The van der Waals surface area contributed by atoms with Crippen molar-refractivity contribution in [2.24, 2.45) is 0 Å². The molecule has 0 spiro atoms. The zero-order valence-electron chi connectivity index (χ0n) is 7.97. The van der Waals surface area contributed by atoms with E-state index in [2.05, 4.69) is 18.0 Å². The van der Waals surface area contributed by atoms with Crippen LogP contribution in [0.2, 0.25) is 5.02 Å². The number of hydrogen-bond donors (Lipinski definition) is 1. The van der Waals surface area contributed by atoms with Gasteiger partial charge < -0.3 is 5.32 Å². The highest BCUT2D eigenvalue weighted by atomic mass is 35.5. The van der Waals surface area contributed by atoms with Crippen LogP contribution in [-0.4, -0.2) is 7.05 Å². The molecule has 2 heteroatoms. The Morgan fingerprint density at radius 3 is 2.69 bits per heavy atom. The lowest BCUT2D eigenvalue weighted by Gasteiger charge is -2.12. The second-order valence-corrected chi connectivity index (χ2v) is 3.42. The molecule has 1 aromatic rings. The number of benzene rings is 1. The van der Waals surface area contributed by atoms with Crippen molar-refractivity contribution in [1.29, 1.82) is 0 Å². The van der Waals surface area contributed by atoms with E-state index >= 15 is 0 Å². The molecule has 0 heterocycles. The van der Waals surface area contributed by atoms with Crippen molar-refractivity contribution in [3.8, 4) is 0 Å². The van der Waals surface area contributed by atoms with Crippen LogP contribution >= 0.6 is 11.6 Å². The van der Waals surface area contributed by atoms with Gasteiger partial charge in [-0.1, -0.05) is 29.8 Å². The molecule has 1 nitrogen and oxygen atoms in total. The predicted molar refractivity (Wildman–Crippen MR) is 58.2 cm³/mol. The highest BCUT2D eigenvalue weighted by Gasteiger charge is 2.05. The van der Waals surface area contributed by atoms with Gasteiger partial charge in [-0.25, -0.2) is 0 Å². The van der Waals surface area contributed by atoms with Crippen LogP contribution in [0.1, 0.15) is 17.2 Å². The third-order valence-corrected chi connectivity index (χ3v) is 2.51. The van der Waals surface area contributed by atoms with Crippen LogP contribution in [0.15, 0.2) is 30.9 Å². The van der Waals surface area contributed by atoms with Crippen LogP contribution in [0, 0.1) is 6.92 Å². The van der Waals surface area contributed by atoms with Gasteiger partial charge in [-0.05, 0) is 31.2 Å². The lowest BCUT2D eigenvalue weighted by molar-refractivity contribution is 0.716. The van der Waals surface area contributed by atoms with Crippen LogP contribution in [0.25, 0.3) is 0 Å². The lowest BCUT2D eigenvalue weighted by Crippen LogP contribution is -2.13. The summed E-state index contributed by atoms with van der Waals surface area (Å²) in [5.74, 6) is 0. The van der Waals surface area contributed by atoms with Crippen molar-refractivity contribution in [2.45, 2.75) is 13.0 Å². The first-order chi connectivity index (χ1) is 6.19. The minimum Gasteiger partial charge on any atom is -0.310 e. The minimum atomic E-state index is 0.205. The summed E-state index contributed by atoms with van der Waals surface area (Å²) in [5.41, 5.74) is 2.29. The first-order valence-corrected chi connectivity index (χ1v) is 4.62. The smallest absolute Gasteiger partial charge is 0.0501 e. The fourth-order valence-electron chi connectivity index (χ4n) is 1.28. The van der Waals surface area contributed by atoms with E-state index in [1.54, 1.807) is 0 Å². The van der Waals surface area contributed by atoms with Crippen molar-refractivity contribution in [1.82, 2.24) is 5.32 Å². The molecule has 1 aromatic carbocycles. The van der Waals surface area contributed by atoms with Gasteiger partial charge in [-0.3, -0.25) is 0 Å². The summed E-state index contributed by atoms with van der Waals surface area (Å²) >= 11 is 5.93. The topological polar surface area (TPSA) is 12.0 Å². The fourth-order valence-corrected chi connectivity index (χ4v) is 1.40. The Bertz CT molecular complexity index is 307. The van der Waals surface area contributed by atoms with Gasteiger partial charge in [0.05, 0.1) is 6.04 Å². The number of aryl methyl sites for hydroxylation is 1. The normalized spacial score (nSPS) is 12.5. The Morgan fingerprint density at radius 1 is 1.54 bits per heavy atom. The number of nitrogens with one attached hydrogen (secondary N) is 1. The van der Waals surface area contributed by atoms with E-state index in [0.29, 0.717) is 0 Å². The predicted octanol–water partition coefficient (Wildman–Crippen LogP) is 3.09. The van der Waals surface area contributed by atoms with Crippen LogP contribution in [-0.2, 0) is 0 Å². The van der Waals surface area contributed by atoms with Gasteiger partial charge in [0.1, 0.15) is 0 Å². The Labute approximate surface area is 84.4 Å². The lowest BCUT2D eigenvalue weighted by atomic mass is 10.0. The van der Waals surface area contributed by atoms with E-state index in [-0.39, 0.29) is 6.04 Å². The van der Waals surface area contributed by atoms with Gasteiger partial charge in [-0.15, -0.1) is 6.58 Å². The minimum absolute atomic E-state index is 0.205. The molecular weight excluding hydrogens is 182 g/mol. The van der Waals surface area contributed by atoms with Crippen LogP contribution in [0.4, 0.5) is 0 Å². The van der Waals surface area contributed by atoms with Gasteiger partial charge in [-0.2, -0.15) is 0 Å². The standard InChI is InChI=1S/C11H14ClN/c1-4-11(13-3)9-5-6-10(12)8(2)7-9/h4-7,11,13H,1H2,2-3H3. The molecule has 0 aliphatic carbocycles. The fraction of sp³-hybridized carbons (Fsp3) is 0.273. The average molecular weight is 196 g/mol. The Balaban J connectivity index is 3.01. The molecule has 0 saturated heterocycles. The average Bonchev–Trinajstić information content (AvgIpc) is 2.13. The van der Waals surface area contributed by atoms with Gasteiger partial charge in [0, 0.05) is 5.02 Å². The van der Waals surface area contributed by atoms with Gasteiger partial charge >= 0.3 is 0 Å². The summed E-state index contributed by atoms with van der Waals surface area (Å²) < 4.78 is 0. The summed E-state index contributed by atoms with van der Waals surface area (Å²) in [7, 11) is 1.91. The summed E-state index contributed by atoms with van der Waals surface area (Å²) in [4.78, 5) is 0. The second-order valence-electron chi connectivity index (χ2n) is 3.01. The van der Waals surface area contributed by atoms with Crippen LogP contribution < -0.4 is 5.32 Å². The quantitative estimate of drug-likeness (QED) is 0.731. The van der Waals surface area contributed by atoms with E-state index in [0.717, 1.165) is 10.6 Å². The van der Waals surface area contributed by atoms with Crippen molar-refractivity contribution in [3.05, 3.63) is 47.0 Å². The van der Waals surface area contributed by atoms with E-state index in [1.165, 1.54) is 5.56 Å². The summed E-state index contributed by atoms with van der Waals surface area (Å²) in [6, 6.07) is 6.21. The molecule has 0 aliphatic heterocycles. The molecule has 0 radical (unpaired) electrons. The zero-order chi connectivity index (χ0) is 9.84. The molecule has 13 heavy (non-hydrogen) atoms. The van der Waals surface area contributed by atoms with Gasteiger partial charge in [0.25, 0.3) is 0 Å². The molecule has 0 amide bonds. The van der Waals surface area contributed by atoms with Gasteiger partial charge in [0.15, 0.2) is 0 Å². The zero-order valence-corrected chi connectivity index (χ0v) is 8.73. The van der Waals surface area contributed by atoms with E-state index in [4.69, 9.17) is 11.6 Å². The molecule has 0 fully saturated rings. The molecule has 0 saturated carbocycles. The number of hydrogen-bond acceptors (Lipinski definition) is 1. The molecule has 1 N–H and O–H groups in total. The van der Waals surface area contributed by atoms with Crippen LogP contribution in [0.5, 0.6) is 0 Å². The number of halogens is 1. The van der Waals surface area contributed by atoms with E-state index < -0.39 is 0 Å².